The van der Waals surface area contributed by atoms with Crippen molar-refractivity contribution >= 4 is 0 Å². The predicted molar refractivity (Wildman–Crippen MR) is 67.9 cm³/mol. The zero-order valence-electron chi connectivity index (χ0n) is 9.43. The Morgan fingerprint density at radius 2 is 1.71 bits per heavy atom. The highest BCUT2D eigenvalue weighted by Gasteiger charge is 2.03. The Balaban J connectivity index is 2.31. The van der Waals surface area contributed by atoms with Gasteiger partial charge in [-0.3, -0.25) is 0 Å². The topological polar surface area (TPSA) is 3.88 Å². The molecule has 0 N–H and O–H groups in total. The third-order valence-electron chi connectivity index (χ3n) is 2.31. The van der Waals surface area contributed by atoms with E-state index in [-0.39, 0.29) is 0 Å². The van der Waals surface area contributed by atoms with E-state index in [4.69, 9.17) is 6.42 Å². The van der Waals surface area contributed by atoms with Crippen molar-refractivity contribution in [2.75, 3.05) is 0 Å². The fraction of sp³-hybridized carbons (Fsp3) is 0.0625. The van der Waals surface area contributed by atoms with E-state index < -0.39 is 0 Å². The molecule has 1 aromatic heterocycles. The van der Waals surface area contributed by atoms with E-state index in [1.165, 1.54) is 0 Å². The van der Waals surface area contributed by atoms with Gasteiger partial charge >= 0.3 is 0 Å². The summed E-state index contributed by atoms with van der Waals surface area (Å²) in [6.45, 7) is 0.541. The molecule has 0 unspecified atom stereocenters. The third kappa shape index (κ3) is 2.97. The van der Waals surface area contributed by atoms with Crippen molar-refractivity contribution in [2.24, 2.45) is 0 Å². The van der Waals surface area contributed by atoms with Gasteiger partial charge in [0.2, 0.25) is 6.54 Å². The first-order valence-electron chi connectivity index (χ1n) is 5.39. The fourth-order valence-electron chi connectivity index (χ4n) is 1.48. The molecule has 80 valence electrons. The quantitative estimate of drug-likeness (QED) is 0.509. The van der Waals surface area contributed by atoms with Crippen LogP contribution in [0.25, 0.3) is 0 Å². The average Bonchev–Trinajstić information content (AvgIpc) is 2.39. The number of terminal acetylenes is 1. The number of rotatable bonds is 1. The minimum absolute atomic E-state index is 0.541. The Bertz CT molecular complexity index is 595. The van der Waals surface area contributed by atoms with Crippen LogP contribution in [0.5, 0.6) is 0 Å². The van der Waals surface area contributed by atoms with E-state index in [0.29, 0.717) is 6.54 Å². The Labute approximate surface area is 102 Å². The number of hydrogen-bond donors (Lipinski definition) is 0. The molecular weight excluding hydrogens is 206 g/mol. The molecule has 0 aliphatic carbocycles. The van der Waals surface area contributed by atoms with E-state index in [0.717, 1.165) is 11.3 Å². The summed E-state index contributed by atoms with van der Waals surface area (Å²) in [5.41, 5.74) is 1.93. The van der Waals surface area contributed by atoms with E-state index in [2.05, 4.69) is 17.8 Å². The van der Waals surface area contributed by atoms with Crippen LogP contribution in [0.2, 0.25) is 0 Å². The molecule has 0 atom stereocenters. The van der Waals surface area contributed by atoms with Gasteiger partial charge < -0.3 is 0 Å². The molecule has 0 radical (unpaired) electrons. The van der Waals surface area contributed by atoms with Gasteiger partial charge in [0.05, 0.1) is 0 Å². The summed E-state index contributed by atoms with van der Waals surface area (Å²) >= 11 is 0. The van der Waals surface area contributed by atoms with E-state index in [1.807, 2.05) is 59.3 Å². The lowest BCUT2D eigenvalue weighted by atomic mass is 10.2. The van der Waals surface area contributed by atoms with Crippen LogP contribution >= 0.6 is 0 Å². The smallest absolute Gasteiger partial charge is 0.180 e. The first kappa shape index (κ1) is 11.0. The van der Waals surface area contributed by atoms with Crippen LogP contribution in [0.4, 0.5) is 0 Å². The number of hydrogen-bond acceptors (Lipinski definition) is 0. The third-order valence-corrected chi connectivity index (χ3v) is 2.31. The first-order valence-corrected chi connectivity index (χ1v) is 5.39. The number of benzene rings is 1. The maximum absolute atomic E-state index is 5.32. The van der Waals surface area contributed by atoms with Crippen molar-refractivity contribution in [2.45, 2.75) is 6.54 Å². The van der Waals surface area contributed by atoms with Crippen molar-refractivity contribution in [1.29, 1.82) is 0 Å². The predicted octanol–water partition coefficient (Wildman–Crippen LogP) is 2.01. The largest absolute Gasteiger partial charge is 0.258 e. The van der Waals surface area contributed by atoms with E-state index in [1.54, 1.807) is 0 Å². The van der Waals surface area contributed by atoms with Crippen molar-refractivity contribution in [1.82, 2.24) is 0 Å². The zero-order valence-corrected chi connectivity index (χ0v) is 9.43. The summed E-state index contributed by atoms with van der Waals surface area (Å²) in [4.78, 5) is 0. The molecule has 1 heterocycles. The minimum Gasteiger partial charge on any atom is -0.180 e. The summed E-state index contributed by atoms with van der Waals surface area (Å²) in [7, 11) is 0. The molecular formula is C16H12N+. The summed E-state index contributed by atoms with van der Waals surface area (Å²) in [6, 6.07) is 15.8. The second-order valence-corrected chi connectivity index (χ2v) is 3.53. The first-order chi connectivity index (χ1) is 8.40. The van der Waals surface area contributed by atoms with Crippen LogP contribution in [-0.4, -0.2) is 0 Å². The van der Waals surface area contributed by atoms with Crippen molar-refractivity contribution in [3.05, 3.63) is 66.0 Å². The van der Waals surface area contributed by atoms with E-state index >= 15 is 0 Å². The fourth-order valence-corrected chi connectivity index (χ4v) is 1.48. The molecule has 0 saturated heterocycles. The number of aromatic nitrogens is 1. The minimum atomic E-state index is 0.541. The Morgan fingerprint density at radius 1 is 0.941 bits per heavy atom. The summed E-state index contributed by atoms with van der Waals surface area (Å²) in [5, 5.41) is 0. The van der Waals surface area contributed by atoms with Crippen LogP contribution in [0.3, 0.4) is 0 Å². The Kier molecular flexibility index (Phi) is 3.58. The lowest BCUT2D eigenvalue weighted by Gasteiger charge is -1.92. The van der Waals surface area contributed by atoms with E-state index in [9.17, 15) is 0 Å². The molecule has 0 fully saturated rings. The number of nitrogens with zero attached hydrogens (tertiary/aromatic N) is 1. The summed E-state index contributed by atoms with van der Waals surface area (Å²) in [5.74, 6) is 8.87. The van der Waals surface area contributed by atoms with Crippen molar-refractivity contribution < 1.29 is 4.57 Å². The van der Waals surface area contributed by atoms with Gasteiger partial charge in [-0.1, -0.05) is 24.1 Å². The SMILES string of the molecule is C#CC[n+]1ccccc1C#Cc1ccccc1. The van der Waals surface area contributed by atoms with Gasteiger partial charge in [0.1, 0.15) is 0 Å². The molecule has 1 heteroatoms. The highest BCUT2D eigenvalue weighted by atomic mass is 14.9. The maximum Gasteiger partial charge on any atom is 0.258 e. The molecule has 1 nitrogen and oxygen atoms in total. The van der Waals surface area contributed by atoms with Gasteiger partial charge in [-0.05, 0) is 24.1 Å². The molecule has 0 aliphatic rings. The Hall–Kier alpha value is -2.51. The molecule has 2 rings (SSSR count). The van der Waals surface area contributed by atoms with Crippen LogP contribution in [0.1, 0.15) is 11.3 Å². The van der Waals surface area contributed by atoms with Gasteiger partial charge in [0.25, 0.3) is 5.69 Å². The second-order valence-electron chi connectivity index (χ2n) is 3.53. The van der Waals surface area contributed by atoms with Crippen LogP contribution in [0.15, 0.2) is 54.7 Å². The lowest BCUT2D eigenvalue weighted by Crippen LogP contribution is -2.36. The molecule has 17 heavy (non-hydrogen) atoms. The van der Waals surface area contributed by atoms with Gasteiger partial charge in [-0.15, -0.1) is 6.42 Å². The van der Waals surface area contributed by atoms with Crippen LogP contribution in [0, 0.1) is 24.2 Å². The van der Waals surface area contributed by atoms with Crippen molar-refractivity contribution in [3.8, 4) is 24.2 Å². The van der Waals surface area contributed by atoms with Crippen LogP contribution in [-0.2, 0) is 6.54 Å². The highest BCUT2D eigenvalue weighted by Crippen LogP contribution is 1.96. The van der Waals surface area contributed by atoms with Gasteiger partial charge in [-0.2, -0.15) is 4.57 Å². The maximum atomic E-state index is 5.32. The van der Waals surface area contributed by atoms with Gasteiger partial charge in [0.15, 0.2) is 6.20 Å². The van der Waals surface area contributed by atoms with Gasteiger partial charge in [-0.25, -0.2) is 0 Å². The highest BCUT2D eigenvalue weighted by molar-refractivity contribution is 5.38. The van der Waals surface area contributed by atoms with Crippen LogP contribution < -0.4 is 4.57 Å². The molecule has 0 aliphatic heterocycles. The molecule has 2 aromatic rings. The lowest BCUT2D eigenvalue weighted by molar-refractivity contribution is -0.687. The van der Waals surface area contributed by atoms with Gasteiger partial charge in [0, 0.05) is 23.6 Å². The standard InChI is InChI=1S/C16H12N/c1-2-13-17-14-7-6-10-16(17)12-11-15-8-4-3-5-9-15/h1,3-10,14H,13H2/q+1. The average molecular weight is 218 g/mol. The molecule has 0 bridgehead atoms. The molecule has 1 aromatic carbocycles. The second kappa shape index (κ2) is 5.54. The van der Waals surface area contributed by atoms with Crippen molar-refractivity contribution in [3.63, 3.8) is 0 Å². The monoisotopic (exact) mass is 218 g/mol. The zero-order chi connectivity index (χ0) is 11.9. The summed E-state index contributed by atoms with van der Waals surface area (Å²) in [6.07, 6.45) is 7.26. The summed E-state index contributed by atoms with van der Waals surface area (Å²) < 4.78 is 1.95. The molecule has 0 amide bonds. The molecule has 0 saturated carbocycles. The Morgan fingerprint density at radius 3 is 2.47 bits per heavy atom. The number of pyridine rings is 1. The molecule has 0 spiro atoms. The normalized spacial score (nSPS) is 8.88.